The monoisotopic (exact) mass is 301 g/mol. The zero-order valence-electron chi connectivity index (χ0n) is 10.8. The summed E-state index contributed by atoms with van der Waals surface area (Å²) in [5.41, 5.74) is 0.294. The maximum Gasteiger partial charge on any atom is 0.254 e. The van der Waals surface area contributed by atoms with E-state index in [0.717, 1.165) is 19.3 Å². The van der Waals surface area contributed by atoms with E-state index in [4.69, 9.17) is 23.2 Å². The predicted molar refractivity (Wildman–Crippen MR) is 75.6 cm³/mol. The number of nitrogens with one attached hydrogen (secondary N) is 1. The first-order valence-corrected chi connectivity index (χ1v) is 7.37. The fraction of sp³-hybridized carbons (Fsp3) is 0.615. The van der Waals surface area contributed by atoms with Crippen LogP contribution in [0.2, 0.25) is 10.3 Å². The lowest BCUT2D eigenvalue weighted by Crippen LogP contribution is -2.42. The Bertz CT molecular complexity index is 467. The van der Waals surface area contributed by atoms with Crippen LogP contribution >= 0.6 is 23.2 Å². The van der Waals surface area contributed by atoms with Gasteiger partial charge in [-0.15, -0.1) is 10.2 Å². The van der Waals surface area contributed by atoms with E-state index in [1.807, 2.05) is 0 Å². The largest absolute Gasteiger partial charge is 0.349 e. The van der Waals surface area contributed by atoms with Crippen LogP contribution in [0.4, 0.5) is 0 Å². The second kappa shape index (κ2) is 6.53. The minimum absolute atomic E-state index is 0.0887. The van der Waals surface area contributed by atoms with Crippen molar-refractivity contribution in [2.24, 2.45) is 5.92 Å². The van der Waals surface area contributed by atoms with Gasteiger partial charge >= 0.3 is 0 Å². The molecule has 0 aliphatic heterocycles. The fourth-order valence-corrected chi connectivity index (χ4v) is 2.97. The van der Waals surface area contributed by atoms with Gasteiger partial charge in [-0.3, -0.25) is 4.79 Å². The molecule has 1 aliphatic rings. The lowest BCUT2D eigenvalue weighted by Gasteiger charge is -2.31. The Morgan fingerprint density at radius 1 is 1.37 bits per heavy atom. The molecule has 2 atom stereocenters. The van der Waals surface area contributed by atoms with E-state index in [2.05, 4.69) is 22.4 Å². The van der Waals surface area contributed by atoms with Gasteiger partial charge < -0.3 is 5.32 Å². The lowest BCUT2D eigenvalue weighted by atomic mass is 9.83. The second-order valence-electron chi connectivity index (χ2n) is 4.90. The summed E-state index contributed by atoms with van der Waals surface area (Å²) in [6, 6.07) is 1.67. The summed E-state index contributed by atoms with van der Waals surface area (Å²) in [5.74, 6) is 0.328. The van der Waals surface area contributed by atoms with Gasteiger partial charge in [0.25, 0.3) is 5.91 Å². The molecule has 0 aromatic carbocycles. The standard InChI is InChI=1S/C13H17Cl2N3O/c1-2-8-5-3-4-6-10(8)16-13(19)9-7-11(14)17-18-12(9)15/h7-8,10H,2-6H2,1H3,(H,16,19). The third kappa shape index (κ3) is 3.57. The third-order valence-electron chi connectivity index (χ3n) is 3.71. The van der Waals surface area contributed by atoms with Crippen LogP contribution in [0.15, 0.2) is 6.07 Å². The number of hydrogen-bond acceptors (Lipinski definition) is 3. The van der Waals surface area contributed by atoms with Gasteiger partial charge in [0, 0.05) is 6.04 Å². The van der Waals surface area contributed by atoms with Crippen molar-refractivity contribution in [3.05, 3.63) is 21.9 Å². The van der Waals surface area contributed by atoms with Crippen molar-refractivity contribution in [3.63, 3.8) is 0 Å². The number of carbonyl (C=O) groups is 1. The second-order valence-corrected chi connectivity index (χ2v) is 5.65. The highest BCUT2D eigenvalue weighted by Gasteiger charge is 2.26. The van der Waals surface area contributed by atoms with E-state index in [-0.39, 0.29) is 22.3 Å². The van der Waals surface area contributed by atoms with Crippen molar-refractivity contribution < 1.29 is 4.79 Å². The summed E-state index contributed by atoms with van der Waals surface area (Å²) in [4.78, 5) is 12.2. The third-order valence-corrected chi connectivity index (χ3v) is 4.18. The molecule has 0 spiro atoms. The van der Waals surface area contributed by atoms with Crippen LogP contribution < -0.4 is 5.32 Å². The first kappa shape index (κ1) is 14.5. The van der Waals surface area contributed by atoms with Gasteiger partial charge in [-0.1, -0.05) is 49.4 Å². The quantitative estimate of drug-likeness (QED) is 0.930. The van der Waals surface area contributed by atoms with Crippen molar-refractivity contribution in [2.75, 3.05) is 0 Å². The number of carbonyl (C=O) groups excluding carboxylic acids is 1. The minimum Gasteiger partial charge on any atom is -0.349 e. The number of hydrogen-bond donors (Lipinski definition) is 1. The van der Waals surface area contributed by atoms with Crippen LogP contribution in [-0.2, 0) is 0 Å². The number of amides is 1. The molecule has 2 unspecified atom stereocenters. The zero-order valence-corrected chi connectivity index (χ0v) is 12.3. The Balaban J connectivity index is 2.09. The molecule has 2 rings (SSSR count). The van der Waals surface area contributed by atoms with Crippen molar-refractivity contribution in [2.45, 2.75) is 45.1 Å². The molecule has 104 valence electrons. The average Bonchev–Trinajstić information content (AvgIpc) is 2.42. The molecule has 1 aromatic heterocycles. The van der Waals surface area contributed by atoms with Gasteiger partial charge in [0.05, 0.1) is 5.56 Å². The molecule has 1 aliphatic carbocycles. The summed E-state index contributed by atoms with van der Waals surface area (Å²) < 4.78 is 0. The van der Waals surface area contributed by atoms with Gasteiger partial charge in [0.15, 0.2) is 10.3 Å². The van der Waals surface area contributed by atoms with Crippen LogP contribution in [0, 0.1) is 5.92 Å². The van der Waals surface area contributed by atoms with Gasteiger partial charge in [-0.2, -0.15) is 0 Å². The molecular weight excluding hydrogens is 285 g/mol. The van der Waals surface area contributed by atoms with Crippen molar-refractivity contribution in [3.8, 4) is 0 Å². The van der Waals surface area contributed by atoms with E-state index < -0.39 is 0 Å². The Morgan fingerprint density at radius 3 is 2.84 bits per heavy atom. The Morgan fingerprint density at radius 2 is 2.11 bits per heavy atom. The highest BCUT2D eigenvalue weighted by Crippen LogP contribution is 2.27. The van der Waals surface area contributed by atoms with E-state index in [1.165, 1.54) is 18.9 Å². The van der Waals surface area contributed by atoms with Crippen molar-refractivity contribution in [1.29, 1.82) is 0 Å². The number of halogens is 2. The van der Waals surface area contributed by atoms with Gasteiger partial charge in [-0.25, -0.2) is 0 Å². The summed E-state index contributed by atoms with van der Waals surface area (Å²) in [6.45, 7) is 2.16. The van der Waals surface area contributed by atoms with E-state index in [9.17, 15) is 4.79 Å². The molecule has 1 N–H and O–H groups in total. The van der Waals surface area contributed by atoms with E-state index in [1.54, 1.807) is 0 Å². The van der Waals surface area contributed by atoms with Crippen molar-refractivity contribution in [1.82, 2.24) is 15.5 Å². The number of rotatable bonds is 3. The summed E-state index contributed by atoms with van der Waals surface area (Å²) in [6.07, 6.45) is 5.67. The van der Waals surface area contributed by atoms with Gasteiger partial charge in [0.2, 0.25) is 0 Å². The molecule has 19 heavy (non-hydrogen) atoms. The first-order chi connectivity index (χ1) is 9.11. The smallest absolute Gasteiger partial charge is 0.254 e. The zero-order chi connectivity index (χ0) is 13.8. The van der Waals surface area contributed by atoms with Crippen molar-refractivity contribution >= 4 is 29.1 Å². The fourth-order valence-electron chi connectivity index (χ4n) is 2.64. The first-order valence-electron chi connectivity index (χ1n) is 6.61. The van der Waals surface area contributed by atoms with Crippen LogP contribution in [0.3, 0.4) is 0 Å². The molecule has 4 nitrogen and oxygen atoms in total. The molecule has 1 fully saturated rings. The minimum atomic E-state index is -0.216. The highest BCUT2D eigenvalue weighted by molar-refractivity contribution is 6.34. The molecular formula is C13H17Cl2N3O. The molecule has 1 saturated carbocycles. The highest BCUT2D eigenvalue weighted by atomic mass is 35.5. The molecule has 6 heteroatoms. The molecule has 1 aromatic rings. The Kier molecular flexibility index (Phi) is 4.99. The average molecular weight is 302 g/mol. The maximum absolute atomic E-state index is 12.2. The summed E-state index contributed by atoms with van der Waals surface area (Å²) >= 11 is 11.6. The van der Waals surface area contributed by atoms with E-state index in [0.29, 0.717) is 11.5 Å². The predicted octanol–water partition coefficient (Wildman–Crippen LogP) is 3.48. The molecule has 0 radical (unpaired) electrons. The topological polar surface area (TPSA) is 54.9 Å². The Hall–Kier alpha value is -0.870. The number of aromatic nitrogens is 2. The van der Waals surface area contributed by atoms with Crippen LogP contribution in [0.25, 0.3) is 0 Å². The lowest BCUT2D eigenvalue weighted by molar-refractivity contribution is 0.0904. The van der Waals surface area contributed by atoms with E-state index >= 15 is 0 Å². The molecule has 1 amide bonds. The van der Waals surface area contributed by atoms with Gasteiger partial charge in [-0.05, 0) is 24.8 Å². The number of nitrogens with zero attached hydrogens (tertiary/aromatic N) is 2. The Labute approximate surface area is 122 Å². The maximum atomic E-state index is 12.2. The SMILES string of the molecule is CCC1CCCCC1NC(=O)c1cc(Cl)nnc1Cl. The summed E-state index contributed by atoms with van der Waals surface area (Å²) in [5, 5.41) is 10.6. The molecule has 1 heterocycles. The molecule has 0 bridgehead atoms. The normalized spacial score (nSPS) is 23.1. The van der Waals surface area contributed by atoms with Crippen LogP contribution in [0.5, 0.6) is 0 Å². The van der Waals surface area contributed by atoms with Gasteiger partial charge in [0.1, 0.15) is 0 Å². The summed E-state index contributed by atoms with van der Waals surface area (Å²) in [7, 11) is 0. The van der Waals surface area contributed by atoms with Crippen LogP contribution in [0.1, 0.15) is 49.4 Å². The molecule has 0 saturated heterocycles. The van der Waals surface area contributed by atoms with Crippen LogP contribution in [-0.4, -0.2) is 22.1 Å².